The Labute approximate surface area is 195 Å². The lowest BCUT2D eigenvalue weighted by atomic mass is 10.1. The van der Waals surface area contributed by atoms with E-state index in [4.69, 9.17) is 14.5 Å². The van der Waals surface area contributed by atoms with E-state index in [9.17, 15) is 10.1 Å². The first-order valence-electron chi connectivity index (χ1n) is 10.6. The lowest BCUT2D eigenvalue weighted by molar-refractivity contribution is 0.0629. The number of nitriles is 1. The van der Waals surface area contributed by atoms with Crippen LogP contribution in [0.15, 0.2) is 64.8 Å². The molecule has 3 heterocycles. The number of para-hydroxylation sites is 2. The Kier molecular flexibility index (Phi) is 5.82. The van der Waals surface area contributed by atoms with Gasteiger partial charge in [-0.15, -0.1) is 11.3 Å². The van der Waals surface area contributed by atoms with Crippen LogP contribution in [0.4, 0.5) is 0 Å². The molecule has 2 aromatic heterocycles. The average Bonchev–Trinajstić information content (AvgIpc) is 3.26. The molecule has 8 heteroatoms. The lowest BCUT2D eigenvalue weighted by Gasteiger charge is -2.29. The van der Waals surface area contributed by atoms with Gasteiger partial charge in [-0.1, -0.05) is 42.5 Å². The number of benzene rings is 2. The number of likely N-dealkylation sites (N-methyl/N-ethyl adjacent to an activating group) is 1. The SMILES string of the molecule is CN(Cc1nc2scc(-c3ccccc3)c2c(=O)n1CC#N)CC1COc2ccccc2O1. The first kappa shape index (κ1) is 21.2. The van der Waals surface area contributed by atoms with Crippen LogP contribution in [-0.4, -0.2) is 40.8 Å². The second-order valence-electron chi connectivity index (χ2n) is 7.97. The minimum Gasteiger partial charge on any atom is -0.486 e. The second kappa shape index (κ2) is 9.06. The maximum absolute atomic E-state index is 13.4. The van der Waals surface area contributed by atoms with E-state index >= 15 is 0 Å². The molecule has 4 aromatic rings. The summed E-state index contributed by atoms with van der Waals surface area (Å²) in [5.41, 5.74) is 1.63. The van der Waals surface area contributed by atoms with Gasteiger partial charge in [-0.05, 0) is 24.7 Å². The maximum atomic E-state index is 13.4. The Bertz CT molecular complexity index is 1390. The molecule has 1 unspecified atom stereocenters. The van der Waals surface area contributed by atoms with Gasteiger partial charge in [0, 0.05) is 17.5 Å². The second-order valence-corrected chi connectivity index (χ2v) is 8.83. The van der Waals surface area contributed by atoms with Crippen molar-refractivity contribution in [2.24, 2.45) is 0 Å². The molecule has 0 aliphatic carbocycles. The molecule has 0 amide bonds. The Morgan fingerprint density at radius 3 is 2.73 bits per heavy atom. The van der Waals surface area contributed by atoms with Gasteiger partial charge in [-0.2, -0.15) is 5.26 Å². The summed E-state index contributed by atoms with van der Waals surface area (Å²) in [5, 5.41) is 11.9. The fourth-order valence-corrected chi connectivity index (χ4v) is 5.01. The van der Waals surface area contributed by atoms with Gasteiger partial charge < -0.3 is 9.47 Å². The van der Waals surface area contributed by atoms with Crippen LogP contribution in [0.5, 0.6) is 11.5 Å². The number of aromatic nitrogens is 2. The van der Waals surface area contributed by atoms with E-state index in [0.717, 1.165) is 22.6 Å². The van der Waals surface area contributed by atoms with E-state index in [2.05, 4.69) is 6.07 Å². The molecule has 1 aliphatic heterocycles. The molecule has 1 aliphatic rings. The van der Waals surface area contributed by atoms with Crippen LogP contribution in [-0.2, 0) is 13.1 Å². The van der Waals surface area contributed by atoms with E-state index in [-0.39, 0.29) is 18.2 Å². The van der Waals surface area contributed by atoms with Crippen LogP contribution in [0.3, 0.4) is 0 Å². The molecular weight excluding hydrogens is 436 g/mol. The van der Waals surface area contributed by atoms with E-state index in [1.165, 1.54) is 15.9 Å². The van der Waals surface area contributed by atoms with Gasteiger partial charge >= 0.3 is 0 Å². The molecule has 33 heavy (non-hydrogen) atoms. The summed E-state index contributed by atoms with van der Waals surface area (Å²) < 4.78 is 13.3. The van der Waals surface area contributed by atoms with Crippen molar-refractivity contribution < 1.29 is 9.47 Å². The monoisotopic (exact) mass is 458 g/mol. The highest BCUT2D eigenvalue weighted by molar-refractivity contribution is 7.17. The zero-order valence-electron chi connectivity index (χ0n) is 18.1. The highest BCUT2D eigenvalue weighted by atomic mass is 32.1. The Balaban J connectivity index is 1.41. The van der Waals surface area contributed by atoms with Crippen molar-refractivity contribution in [2.75, 3.05) is 20.2 Å². The molecule has 5 rings (SSSR count). The third-order valence-electron chi connectivity index (χ3n) is 5.58. The highest BCUT2D eigenvalue weighted by Gasteiger charge is 2.23. The Morgan fingerprint density at radius 2 is 1.94 bits per heavy atom. The van der Waals surface area contributed by atoms with E-state index in [1.807, 2.05) is 71.9 Å². The number of nitrogens with zero attached hydrogens (tertiary/aromatic N) is 4. The number of rotatable bonds is 6. The smallest absolute Gasteiger partial charge is 0.263 e. The van der Waals surface area contributed by atoms with Gasteiger partial charge in [0.25, 0.3) is 5.56 Å². The number of hydrogen-bond donors (Lipinski definition) is 0. The van der Waals surface area contributed by atoms with Gasteiger partial charge in [0.1, 0.15) is 29.9 Å². The Hall–Kier alpha value is -3.67. The molecule has 2 aromatic carbocycles. The van der Waals surface area contributed by atoms with Crippen molar-refractivity contribution >= 4 is 21.6 Å². The van der Waals surface area contributed by atoms with Crippen molar-refractivity contribution in [3.8, 4) is 28.7 Å². The third kappa shape index (κ3) is 4.21. The first-order valence-corrected chi connectivity index (χ1v) is 11.5. The highest BCUT2D eigenvalue weighted by Crippen LogP contribution is 2.32. The fourth-order valence-electron chi connectivity index (χ4n) is 4.06. The zero-order valence-corrected chi connectivity index (χ0v) is 18.9. The van der Waals surface area contributed by atoms with Crippen molar-refractivity contribution in [2.45, 2.75) is 19.2 Å². The van der Waals surface area contributed by atoms with Crippen molar-refractivity contribution in [1.29, 1.82) is 5.26 Å². The summed E-state index contributed by atoms with van der Waals surface area (Å²) in [5.74, 6) is 2.04. The standard InChI is InChI=1S/C25H22N4O3S/c1-28(13-18-15-31-20-9-5-6-10-21(20)32-18)14-22-27-24-23(25(30)29(22)12-11-26)19(16-33-24)17-7-3-2-4-8-17/h2-10,16,18H,12-15H2,1H3. The fraction of sp³-hybridized carbons (Fsp3) is 0.240. The number of thiophene rings is 1. The van der Waals surface area contributed by atoms with Crippen molar-refractivity contribution in [3.63, 3.8) is 0 Å². The molecular formula is C25H22N4O3S. The van der Waals surface area contributed by atoms with Crippen LogP contribution in [0, 0.1) is 11.3 Å². The average molecular weight is 459 g/mol. The summed E-state index contributed by atoms with van der Waals surface area (Å²) >= 11 is 1.45. The van der Waals surface area contributed by atoms with Crippen LogP contribution in [0.1, 0.15) is 5.82 Å². The van der Waals surface area contributed by atoms with Gasteiger partial charge in [0.05, 0.1) is 18.0 Å². The molecule has 166 valence electrons. The molecule has 0 N–H and O–H groups in total. The van der Waals surface area contributed by atoms with E-state index in [0.29, 0.717) is 35.7 Å². The van der Waals surface area contributed by atoms with Crippen molar-refractivity contribution in [3.05, 3.63) is 76.2 Å². The summed E-state index contributed by atoms with van der Waals surface area (Å²) in [6, 6.07) is 19.5. The largest absolute Gasteiger partial charge is 0.486 e. The molecule has 0 fully saturated rings. The normalized spacial score (nSPS) is 15.0. The molecule has 0 radical (unpaired) electrons. The number of fused-ring (bicyclic) bond motifs is 2. The van der Waals surface area contributed by atoms with E-state index < -0.39 is 0 Å². The molecule has 7 nitrogen and oxygen atoms in total. The van der Waals surface area contributed by atoms with Crippen molar-refractivity contribution in [1.82, 2.24) is 14.5 Å². The summed E-state index contributed by atoms with van der Waals surface area (Å²) in [7, 11) is 1.95. The lowest BCUT2D eigenvalue weighted by Crippen LogP contribution is -2.40. The maximum Gasteiger partial charge on any atom is 0.263 e. The minimum atomic E-state index is -0.184. The van der Waals surface area contributed by atoms with Gasteiger partial charge in [-0.25, -0.2) is 4.98 Å². The predicted molar refractivity (Wildman–Crippen MR) is 128 cm³/mol. The predicted octanol–water partition coefficient (Wildman–Crippen LogP) is 3.92. The molecule has 1 atom stereocenters. The van der Waals surface area contributed by atoms with Crippen LogP contribution >= 0.6 is 11.3 Å². The number of ether oxygens (including phenoxy) is 2. The summed E-state index contributed by atoms with van der Waals surface area (Å²) in [4.78, 5) is 20.9. The first-order chi connectivity index (χ1) is 16.1. The Morgan fingerprint density at radius 1 is 1.18 bits per heavy atom. The topological polar surface area (TPSA) is 80.4 Å². The minimum absolute atomic E-state index is 0.0502. The number of hydrogen-bond acceptors (Lipinski definition) is 7. The quantitative estimate of drug-likeness (QED) is 0.436. The van der Waals surface area contributed by atoms with Crippen LogP contribution in [0.25, 0.3) is 21.3 Å². The molecule has 0 saturated heterocycles. The van der Waals surface area contributed by atoms with Gasteiger partial charge in [0.2, 0.25) is 0 Å². The van der Waals surface area contributed by atoms with Gasteiger partial charge in [-0.3, -0.25) is 14.3 Å². The van der Waals surface area contributed by atoms with E-state index in [1.54, 1.807) is 0 Å². The summed E-state index contributed by atoms with van der Waals surface area (Å²) in [6.45, 7) is 1.40. The molecule has 0 saturated carbocycles. The molecule has 0 spiro atoms. The summed E-state index contributed by atoms with van der Waals surface area (Å²) in [6.07, 6.45) is -0.142. The third-order valence-corrected chi connectivity index (χ3v) is 6.45. The van der Waals surface area contributed by atoms with Crippen LogP contribution < -0.4 is 15.0 Å². The van der Waals surface area contributed by atoms with Gasteiger partial charge in [0.15, 0.2) is 11.5 Å². The zero-order chi connectivity index (χ0) is 22.8. The van der Waals surface area contributed by atoms with Crippen LogP contribution in [0.2, 0.25) is 0 Å². The molecule has 0 bridgehead atoms.